The number of benzene rings is 1. The molecular formula is C15H20N2O2. The van der Waals surface area contributed by atoms with E-state index in [1.54, 1.807) is 18.3 Å². The van der Waals surface area contributed by atoms with Crippen LogP contribution >= 0.6 is 0 Å². The zero-order chi connectivity index (χ0) is 13.8. The number of rotatable bonds is 5. The molecule has 2 N–H and O–H groups in total. The van der Waals surface area contributed by atoms with Crippen LogP contribution in [-0.2, 0) is 0 Å². The lowest BCUT2D eigenvalue weighted by Gasteiger charge is -2.22. The van der Waals surface area contributed by atoms with Gasteiger partial charge in [-0.25, -0.2) is 0 Å². The van der Waals surface area contributed by atoms with Crippen molar-refractivity contribution in [2.75, 3.05) is 19.6 Å². The lowest BCUT2D eigenvalue weighted by molar-refractivity contribution is 0.120. The van der Waals surface area contributed by atoms with Gasteiger partial charge < -0.3 is 15.1 Å². The first-order chi connectivity index (χ1) is 9.17. The Balaban J connectivity index is 2.37. The van der Waals surface area contributed by atoms with Crippen molar-refractivity contribution in [3.8, 4) is 5.75 Å². The topological polar surface area (TPSA) is 56.6 Å². The normalized spacial score (nSPS) is 13.1. The molecule has 1 aromatic heterocycles. The summed E-state index contributed by atoms with van der Waals surface area (Å²) in [7, 11) is 0. The summed E-state index contributed by atoms with van der Waals surface area (Å²) in [6.45, 7) is 6.55. The van der Waals surface area contributed by atoms with E-state index in [-0.39, 0.29) is 5.75 Å². The predicted octanol–water partition coefficient (Wildman–Crippen LogP) is 2.32. The lowest BCUT2D eigenvalue weighted by atomic mass is 10.0. The number of aromatic nitrogens is 1. The monoisotopic (exact) mass is 260 g/mol. The van der Waals surface area contributed by atoms with Crippen LogP contribution in [0, 0.1) is 0 Å². The number of aliphatic hydroxyl groups excluding tert-OH is 1. The minimum Gasteiger partial charge on any atom is -0.506 e. The molecule has 0 fully saturated rings. The number of nitrogens with zero attached hydrogens (tertiary/aromatic N) is 2. The molecule has 0 amide bonds. The molecule has 0 aliphatic heterocycles. The van der Waals surface area contributed by atoms with Gasteiger partial charge in [0.1, 0.15) is 11.3 Å². The standard InChI is InChI=1S/C15H20N2O2/c1-3-17(4-2)10-14(19)11-8-9-16-15-12(11)6-5-7-13(15)18/h5-9,14,18-19H,3-4,10H2,1-2H3/t14-/m1/s1. The molecule has 102 valence electrons. The van der Waals surface area contributed by atoms with Gasteiger partial charge in [-0.05, 0) is 30.8 Å². The summed E-state index contributed by atoms with van der Waals surface area (Å²) in [6, 6.07) is 7.07. The molecule has 0 saturated heterocycles. The summed E-state index contributed by atoms with van der Waals surface area (Å²) in [5.41, 5.74) is 1.35. The average molecular weight is 260 g/mol. The summed E-state index contributed by atoms with van der Waals surface area (Å²) in [4.78, 5) is 6.33. The molecule has 1 aromatic carbocycles. The summed E-state index contributed by atoms with van der Waals surface area (Å²) >= 11 is 0. The second-order valence-corrected chi connectivity index (χ2v) is 4.58. The fourth-order valence-electron chi connectivity index (χ4n) is 2.30. The van der Waals surface area contributed by atoms with E-state index < -0.39 is 6.10 Å². The zero-order valence-electron chi connectivity index (χ0n) is 11.4. The molecule has 1 atom stereocenters. The number of aliphatic hydroxyl groups is 1. The Bertz CT molecular complexity index is 553. The van der Waals surface area contributed by atoms with Crippen molar-refractivity contribution < 1.29 is 10.2 Å². The minimum absolute atomic E-state index is 0.148. The molecular weight excluding hydrogens is 240 g/mol. The summed E-state index contributed by atoms with van der Waals surface area (Å²) < 4.78 is 0. The molecule has 2 rings (SSSR count). The Morgan fingerprint density at radius 2 is 1.95 bits per heavy atom. The highest BCUT2D eigenvalue weighted by Gasteiger charge is 2.15. The van der Waals surface area contributed by atoms with Crippen molar-refractivity contribution in [3.05, 3.63) is 36.0 Å². The molecule has 0 saturated carbocycles. The van der Waals surface area contributed by atoms with Crippen LogP contribution in [0.15, 0.2) is 30.5 Å². The van der Waals surface area contributed by atoms with Crippen LogP contribution < -0.4 is 0 Å². The van der Waals surface area contributed by atoms with Gasteiger partial charge in [0.05, 0.1) is 6.10 Å². The van der Waals surface area contributed by atoms with Crippen LogP contribution in [0.5, 0.6) is 5.75 Å². The van der Waals surface area contributed by atoms with Crippen molar-refractivity contribution in [1.82, 2.24) is 9.88 Å². The molecule has 0 bridgehead atoms. The SMILES string of the molecule is CCN(CC)C[C@@H](O)c1ccnc2c(O)cccc12. The van der Waals surface area contributed by atoms with Crippen LogP contribution in [0.1, 0.15) is 25.5 Å². The number of hydrogen-bond acceptors (Lipinski definition) is 4. The van der Waals surface area contributed by atoms with E-state index >= 15 is 0 Å². The predicted molar refractivity (Wildman–Crippen MR) is 76.2 cm³/mol. The molecule has 2 aromatic rings. The number of hydrogen-bond donors (Lipinski definition) is 2. The maximum atomic E-state index is 10.4. The highest BCUT2D eigenvalue weighted by molar-refractivity contribution is 5.87. The van der Waals surface area contributed by atoms with Crippen LogP contribution in [0.3, 0.4) is 0 Å². The molecule has 1 heterocycles. The van der Waals surface area contributed by atoms with E-state index in [2.05, 4.69) is 23.7 Å². The number of para-hydroxylation sites is 1. The first-order valence-corrected chi connectivity index (χ1v) is 6.64. The van der Waals surface area contributed by atoms with Crippen molar-refractivity contribution in [1.29, 1.82) is 0 Å². The van der Waals surface area contributed by atoms with Crippen molar-refractivity contribution >= 4 is 10.9 Å². The summed E-state index contributed by atoms with van der Waals surface area (Å²) in [5, 5.41) is 21.0. The van der Waals surface area contributed by atoms with Gasteiger partial charge in [-0.15, -0.1) is 0 Å². The smallest absolute Gasteiger partial charge is 0.141 e. The third kappa shape index (κ3) is 2.85. The number of fused-ring (bicyclic) bond motifs is 1. The number of pyridine rings is 1. The van der Waals surface area contributed by atoms with E-state index in [1.807, 2.05) is 12.1 Å². The van der Waals surface area contributed by atoms with Gasteiger partial charge in [-0.1, -0.05) is 26.0 Å². The molecule has 0 aliphatic carbocycles. The van der Waals surface area contributed by atoms with E-state index in [4.69, 9.17) is 0 Å². The van der Waals surface area contributed by atoms with Crippen LogP contribution in [0.2, 0.25) is 0 Å². The zero-order valence-corrected chi connectivity index (χ0v) is 11.4. The van der Waals surface area contributed by atoms with Gasteiger partial charge in [0, 0.05) is 18.1 Å². The van der Waals surface area contributed by atoms with E-state index in [0.717, 1.165) is 24.0 Å². The number of phenolic OH excluding ortho intramolecular Hbond substituents is 1. The third-order valence-corrected chi connectivity index (χ3v) is 3.47. The average Bonchev–Trinajstić information content (AvgIpc) is 2.44. The van der Waals surface area contributed by atoms with Crippen LogP contribution in [0.4, 0.5) is 0 Å². The van der Waals surface area contributed by atoms with Crippen molar-refractivity contribution in [3.63, 3.8) is 0 Å². The van der Waals surface area contributed by atoms with Gasteiger partial charge in [0.15, 0.2) is 0 Å². The molecule has 0 spiro atoms. The fourth-order valence-corrected chi connectivity index (χ4v) is 2.30. The van der Waals surface area contributed by atoms with Crippen molar-refractivity contribution in [2.45, 2.75) is 20.0 Å². The molecule has 19 heavy (non-hydrogen) atoms. The third-order valence-electron chi connectivity index (χ3n) is 3.47. The second-order valence-electron chi connectivity index (χ2n) is 4.58. The Kier molecular flexibility index (Phi) is 4.35. The van der Waals surface area contributed by atoms with Crippen molar-refractivity contribution in [2.24, 2.45) is 0 Å². The Hall–Kier alpha value is -1.65. The fraction of sp³-hybridized carbons (Fsp3) is 0.400. The molecule has 0 unspecified atom stereocenters. The van der Waals surface area contributed by atoms with Gasteiger partial charge in [0.2, 0.25) is 0 Å². The lowest BCUT2D eigenvalue weighted by Crippen LogP contribution is -2.28. The number of aromatic hydroxyl groups is 1. The highest BCUT2D eigenvalue weighted by Crippen LogP contribution is 2.28. The summed E-state index contributed by atoms with van der Waals surface area (Å²) in [6.07, 6.45) is 1.05. The molecule has 4 heteroatoms. The minimum atomic E-state index is -0.577. The van der Waals surface area contributed by atoms with E-state index in [9.17, 15) is 10.2 Å². The quantitative estimate of drug-likeness (QED) is 0.866. The largest absolute Gasteiger partial charge is 0.506 e. The van der Waals surface area contributed by atoms with Crippen LogP contribution in [-0.4, -0.2) is 39.7 Å². The summed E-state index contributed by atoms with van der Waals surface area (Å²) in [5.74, 6) is 0.148. The molecule has 0 radical (unpaired) electrons. The van der Waals surface area contributed by atoms with Gasteiger partial charge in [-0.3, -0.25) is 4.98 Å². The first kappa shape index (κ1) is 13.8. The van der Waals surface area contributed by atoms with Gasteiger partial charge in [-0.2, -0.15) is 0 Å². The molecule has 0 aliphatic rings. The Morgan fingerprint density at radius 3 is 2.63 bits per heavy atom. The van der Waals surface area contributed by atoms with Gasteiger partial charge >= 0.3 is 0 Å². The van der Waals surface area contributed by atoms with Crippen LogP contribution in [0.25, 0.3) is 10.9 Å². The second kappa shape index (κ2) is 5.99. The van der Waals surface area contributed by atoms with E-state index in [1.165, 1.54) is 0 Å². The first-order valence-electron chi connectivity index (χ1n) is 6.64. The van der Waals surface area contributed by atoms with E-state index in [0.29, 0.717) is 12.1 Å². The Morgan fingerprint density at radius 1 is 1.21 bits per heavy atom. The number of likely N-dealkylation sites (N-methyl/N-ethyl adjacent to an activating group) is 1. The number of phenols is 1. The maximum absolute atomic E-state index is 10.4. The Labute approximate surface area is 113 Å². The molecule has 4 nitrogen and oxygen atoms in total. The van der Waals surface area contributed by atoms with Gasteiger partial charge in [0.25, 0.3) is 0 Å². The highest BCUT2D eigenvalue weighted by atomic mass is 16.3. The maximum Gasteiger partial charge on any atom is 0.141 e.